The highest BCUT2D eigenvalue weighted by molar-refractivity contribution is 9.11. The van der Waals surface area contributed by atoms with Gasteiger partial charge in [0.15, 0.2) is 0 Å². The number of pyridine rings is 1. The summed E-state index contributed by atoms with van der Waals surface area (Å²) < 4.78 is 0.991. The lowest BCUT2D eigenvalue weighted by atomic mass is 10.3. The molecule has 5 heteroatoms. The van der Waals surface area contributed by atoms with Crippen LogP contribution in [0.3, 0.4) is 0 Å². The molecule has 0 aliphatic rings. The number of hydrogen-bond donors (Lipinski definition) is 1. The molecule has 0 saturated carbocycles. The van der Waals surface area contributed by atoms with Gasteiger partial charge in [0.1, 0.15) is 0 Å². The van der Waals surface area contributed by atoms with Crippen molar-refractivity contribution in [2.45, 2.75) is 13.8 Å². The molecule has 1 N–H and O–H groups in total. The van der Waals surface area contributed by atoms with E-state index in [9.17, 15) is 4.79 Å². The molecule has 0 fully saturated rings. The van der Waals surface area contributed by atoms with Crippen LogP contribution in [-0.4, -0.2) is 10.9 Å². The molecule has 0 bridgehead atoms. The van der Waals surface area contributed by atoms with E-state index in [1.165, 1.54) is 11.3 Å². The van der Waals surface area contributed by atoms with Crippen molar-refractivity contribution in [3.63, 3.8) is 0 Å². The van der Waals surface area contributed by atoms with Gasteiger partial charge in [-0.15, -0.1) is 11.3 Å². The van der Waals surface area contributed by atoms with E-state index in [0.717, 1.165) is 20.7 Å². The Hall–Kier alpha value is -1.20. The maximum absolute atomic E-state index is 12.0. The molecule has 0 aliphatic carbocycles. The second-order valence-electron chi connectivity index (χ2n) is 3.66. The summed E-state index contributed by atoms with van der Waals surface area (Å²) >= 11 is 4.84. The molecule has 0 atom stereocenters. The van der Waals surface area contributed by atoms with Crippen molar-refractivity contribution >= 4 is 38.9 Å². The Morgan fingerprint density at radius 2 is 2.24 bits per heavy atom. The zero-order valence-corrected chi connectivity index (χ0v) is 11.9. The number of halogens is 1. The van der Waals surface area contributed by atoms with Gasteiger partial charge in [0.2, 0.25) is 0 Å². The normalized spacial score (nSPS) is 10.3. The molecule has 2 rings (SSSR count). The average molecular weight is 311 g/mol. The molecule has 88 valence electrons. The standard InChI is InChI=1S/C12H11BrN2OS/c1-7-6-10(17-11(7)13)12(16)15-9-4-3-5-14-8(9)2/h3-6H,1-2H3,(H,15,16). The first kappa shape index (κ1) is 12.3. The highest BCUT2D eigenvalue weighted by Crippen LogP contribution is 2.28. The minimum atomic E-state index is -0.0973. The predicted molar refractivity (Wildman–Crippen MR) is 73.7 cm³/mol. The highest BCUT2D eigenvalue weighted by atomic mass is 79.9. The largest absolute Gasteiger partial charge is 0.320 e. The molecule has 0 radical (unpaired) electrons. The molecular formula is C12H11BrN2OS. The van der Waals surface area contributed by atoms with Crippen LogP contribution in [-0.2, 0) is 0 Å². The van der Waals surface area contributed by atoms with E-state index in [1.807, 2.05) is 26.0 Å². The van der Waals surface area contributed by atoms with E-state index in [2.05, 4.69) is 26.2 Å². The number of aromatic nitrogens is 1. The number of anilines is 1. The monoisotopic (exact) mass is 310 g/mol. The van der Waals surface area contributed by atoms with Gasteiger partial charge in [-0.2, -0.15) is 0 Å². The number of carbonyl (C=O) groups excluding carboxylic acids is 1. The molecule has 0 aliphatic heterocycles. The molecule has 0 saturated heterocycles. The molecule has 17 heavy (non-hydrogen) atoms. The Labute approximate surface area is 112 Å². The fraction of sp³-hybridized carbons (Fsp3) is 0.167. The van der Waals surface area contributed by atoms with Crippen molar-refractivity contribution in [1.82, 2.24) is 4.98 Å². The molecule has 2 aromatic heterocycles. The number of rotatable bonds is 2. The summed E-state index contributed by atoms with van der Waals surface area (Å²) in [6.45, 7) is 3.83. The van der Waals surface area contributed by atoms with Gasteiger partial charge in [-0.3, -0.25) is 9.78 Å². The van der Waals surface area contributed by atoms with Gasteiger partial charge in [-0.05, 0) is 53.5 Å². The molecule has 1 amide bonds. The third-order valence-corrected chi connectivity index (χ3v) is 4.47. The van der Waals surface area contributed by atoms with Gasteiger partial charge >= 0.3 is 0 Å². The number of aryl methyl sites for hydroxylation is 2. The average Bonchev–Trinajstić information content (AvgIpc) is 2.63. The number of thiophene rings is 1. The SMILES string of the molecule is Cc1cc(C(=O)Nc2cccnc2C)sc1Br. The summed E-state index contributed by atoms with van der Waals surface area (Å²) in [4.78, 5) is 16.8. The van der Waals surface area contributed by atoms with Gasteiger partial charge in [-0.25, -0.2) is 0 Å². The Balaban J connectivity index is 2.20. The van der Waals surface area contributed by atoms with Crippen LogP contribution in [0.25, 0.3) is 0 Å². The van der Waals surface area contributed by atoms with E-state index in [-0.39, 0.29) is 5.91 Å². The lowest BCUT2D eigenvalue weighted by molar-refractivity contribution is 0.103. The van der Waals surface area contributed by atoms with Crippen molar-refractivity contribution in [3.8, 4) is 0 Å². The van der Waals surface area contributed by atoms with Crippen molar-refractivity contribution in [2.24, 2.45) is 0 Å². The lowest BCUT2D eigenvalue weighted by Gasteiger charge is -2.05. The summed E-state index contributed by atoms with van der Waals surface area (Å²) in [7, 11) is 0. The first-order valence-corrected chi connectivity index (χ1v) is 6.68. The summed E-state index contributed by atoms with van der Waals surface area (Å²) in [5.74, 6) is -0.0973. The van der Waals surface area contributed by atoms with E-state index in [4.69, 9.17) is 0 Å². The molecule has 0 unspecified atom stereocenters. The second kappa shape index (κ2) is 4.98. The fourth-order valence-electron chi connectivity index (χ4n) is 1.37. The van der Waals surface area contributed by atoms with Crippen molar-refractivity contribution in [3.05, 3.63) is 44.3 Å². The van der Waals surface area contributed by atoms with Crippen molar-refractivity contribution in [1.29, 1.82) is 0 Å². The minimum Gasteiger partial charge on any atom is -0.320 e. The van der Waals surface area contributed by atoms with E-state index in [1.54, 1.807) is 12.3 Å². The number of hydrogen-bond acceptors (Lipinski definition) is 3. The maximum Gasteiger partial charge on any atom is 0.265 e. The van der Waals surface area contributed by atoms with Crippen LogP contribution in [0.2, 0.25) is 0 Å². The highest BCUT2D eigenvalue weighted by Gasteiger charge is 2.12. The smallest absolute Gasteiger partial charge is 0.265 e. The molecule has 2 aromatic rings. The molecule has 2 heterocycles. The Morgan fingerprint density at radius 1 is 1.47 bits per heavy atom. The summed E-state index contributed by atoms with van der Waals surface area (Å²) in [6, 6.07) is 5.52. The predicted octanol–water partition coefficient (Wildman–Crippen LogP) is 3.77. The Bertz CT molecular complexity index is 546. The van der Waals surface area contributed by atoms with Gasteiger partial charge in [0.25, 0.3) is 5.91 Å². The fourth-order valence-corrected chi connectivity index (χ4v) is 2.80. The zero-order valence-electron chi connectivity index (χ0n) is 9.45. The van der Waals surface area contributed by atoms with E-state index < -0.39 is 0 Å². The summed E-state index contributed by atoms with van der Waals surface area (Å²) in [5.41, 5.74) is 2.64. The quantitative estimate of drug-likeness (QED) is 0.917. The van der Waals surface area contributed by atoms with Gasteiger partial charge in [0.05, 0.1) is 20.0 Å². The molecule has 3 nitrogen and oxygen atoms in total. The third kappa shape index (κ3) is 2.73. The number of carbonyl (C=O) groups is 1. The number of nitrogens with one attached hydrogen (secondary N) is 1. The van der Waals surface area contributed by atoms with Crippen LogP contribution in [0.1, 0.15) is 20.9 Å². The van der Waals surface area contributed by atoms with E-state index >= 15 is 0 Å². The Morgan fingerprint density at radius 3 is 2.82 bits per heavy atom. The minimum absolute atomic E-state index is 0.0973. The zero-order chi connectivity index (χ0) is 12.4. The van der Waals surface area contributed by atoms with Crippen LogP contribution >= 0.6 is 27.3 Å². The van der Waals surface area contributed by atoms with Crippen LogP contribution < -0.4 is 5.32 Å². The van der Waals surface area contributed by atoms with Crippen LogP contribution in [0.15, 0.2) is 28.2 Å². The molecular weight excluding hydrogens is 300 g/mol. The maximum atomic E-state index is 12.0. The van der Waals surface area contributed by atoms with Crippen molar-refractivity contribution in [2.75, 3.05) is 5.32 Å². The first-order valence-electron chi connectivity index (χ1n) is 5.07. The second-order valence-corrected chi connectivity index (χ2v) is 6.03. The summed E-state index contributed by atoms with van der Waals surface area (Å²) in [6.07, 6.45) is 1.71. The van der Waals surface area contributed by atoms with E-state index in [0.29, 0.717) is 4.88 Å². The van der Waals surface area contributed by atoms with Gasteiger partial charge < -0.3 is 5.32 Å². The lowest BCUT2D eigenvalue weighted by Crippen LogP contribution is -2.11. The van der Waals surface area contributed by atoms with Gasteiger partial charge in [0, 0.05) is 6.20 Å². The number of nitrogens with zero attached hydrogens (tertiary/aromatic N) is 1. The topological polar surface area (TPSA) is 42.0 Å². The van der Waals surface area contributed by atoms with Gasteiger partial charge in [-0.1, -0.05) is 0 Å². The van der Waals surface area contributed by atoms with Crippen LogP contribution in [0.5, 0.6) is 0 Å². The number of amides is 1. The summed E-state index contributed by atoms with van der Waals surface area (Å²) in [5, 5.41) is 2.86. The third-order valence-electron chi connectivity index (χ3n) is 2.34. The molecule has 0 spiro atoms. The first-order chi connectivity index (χ1) is 8.08. The molecule has 0 aromatic carbocycles. The Kier molecular flexibility index (Phi) is 3.59. The van der Waals surface area contributed by atoms with Crippen LogP contribution in [0, 0.1) is 13.8 Å². The van der Waals surface area contributed by atoms with Crippen molar-refractivity contribution < 1.29 is 4.79 Å². The van der Waals surface area contributed by atoms with Crippen LogP contribution in [0.4, 0.5) is 5.69 Å².